The van der Waals surface area contributed by atoms with Crippen LogP contribution in [0.5, 0.6) is 5.75 Å². The number of thiazole rings is 1. The minimum absolute atomic E-state index is 0.272. The molecule has 30 heavy (non-hydrogen) atoms. The average molecular weight is 460 g/mol. The van der Waals surface area contributed by atoms with Crippen LogP contribution in [0, 0.1) is 0 Å². The van der Waals surface area contributed by atoms with Gasteiger partial charge in [0, 0.05) is 22.2 Å². The molecule has 0 fully saturated rings. The van der Waals surface area contributed by atoms with Crippen LogP contribution in [0.4, 0.5) is 13.2 Å². The van der Waals surface area contributed by atoms with Gasteiger partial charge >= 0.3 is 6.36 Å². The normalized spacial score (nSPS) is 12.5. The zero-order valence-electron chi connectivity index (χ0n) is 16.4. The van der Waals surface area contributed by atoms with E-state index in [-0.39, 0.29) is 5.75 Å². The van der Waals surface area contributed by atoms with E-state index in [1.165, 1.54) is 23.5 Å². The Kier molecular flexibility index (Phi) is 6.82. The highest BCUT2D eigenvalue weighted by Gasteiger charge is 2.31. The molecule has 0 atom stereocenters. The number of nitrogens with zero attached hydrogens (tertiary/aromatic N) is 2. The minimum atomic E-state index is -4.76. The van der Waals surface area contributed by atoms with Crippen LogP contribution in [-0.2, 0) is 19.4 Å². The number of aliphatic hydroxyl groups excluding tert-OH is 1. The van der Waals surface area contributed by atoms with Gasteiger partial charge in [-0.2, -0.15) is 0 Å². The summed E-state index contributed by atoms with van der Waals surface area (Å²) >= 11 is 7.19. The molecule has 162 valence electrons. The molecule has 0 saturated carbocycles. The molecule has 1 aromatic carbocycles. The topological polar surface area (TPSA) is 59.3 Å². The second-order valence-corrected chi connectivity index (χ2v) is 8.24. The standard InChI is InChI=1S/C20H21ClF3N3O2S/c1-3-5-16-14(4-2)15-8-12(29-20(22,23)24)6-7-17(15)27(16)18(11-28)25-9-13-10-26-19(21)30-13/h6-8,10-11,25,28H,3-5,9H2,1-2H3/b18-11-. The Morgan fingerprint density at radius 2 is 2.13 bits per heavy atom. The molecule has 3 aromatic rings. The first kappa shape index (κ1) is 22.3. The molecule has 0 amide bonds. The van der Waals surface area contributed by atoms with Gasteiger partial charge in [0.25, 0.3) is 0 Å². The number of halogens is 4. The highest BCUT2D eigenvalue weighted by atomic mass is 35.5. The summed E-state index contributed by atoms with van der Waals surface area (Å²) in [7, 11) is 0. The first-order chi connectivity index (χ1) is 14.3. The molecule has 10 heteroatoms. The summed E-state index contributed by atoms with van der Waals surface area (Å²) in [6, 6.07) is 4.25. The molecular formula is C20H21ClF3N3O2S. The van der Waals surface area contributed by atoms with Crippen LogP contribution in [0.15, 0.2) is 30.7 Å². The molecule has 0 bridgehead atoms. The third-order valence-electron chi connectivity index (χ3n) is 4.56. The van der Waals surface area contributed by atoms with Gasteiger partial charge in [-0.05, 0) is 36.6 Å². The maximum absolute atomic E-state index is 12.7. The Labute approximate surface area is 180 Å². The third kappa shape index (κ3) is 4.84. The molecule has 5 nitrogen and oxygen atoms in total. The molecule has 0 aliphatic rings. The predicted octanol–water partition coefficient (Wildman–Crippen LogP) is 6.27. The zero-order valence-corrected chi connectivity index (χ0v) is 18.0. The maximum Gasteiger partial charge on any atom is 0.573 e. The predicted molar refractivity (Wildman–Crippen MR) is 113 cm³/mol. The highest BCUT2D eigenvalue weighted by molar-refractivity contribution is 7.15. The second kappa shape index (κ2) is 9.18. The number of fused-ring (bicyclic) bond motifs is 1. The van der Waals surface area contributed by atoms with Crippen molar-refractivity contribution in [3.05, 3.63) is 51.3 Å². The summed E-state index contributed by atoms with van der Waals surface area (Å²) in [6.07, 6.45) is -0.00801. The lowest BCUT2D eigenvalue weighted by Gasteiger charge is -2.16. The lowest BCUT2D eigenvalue weighted by atomic mass is 10.1. The summed E-state index contributed by atoms with van der Waals surface area (Å²) < 4.78 is 44.4. The number of nitrogens with one attached hydrogen (secondary N) is 1. The quantitative estimate of drug-likeness (QED) is 0.390. The van der Waals surface area contributed by atoms with Gasteiger partial charge in [0.2, 0.25) is 0 Å². The Hall–Kier alpha value is -2.39. The number of rotatable bonds is 8. The summed E-state index contributed by atoms with van der Waals surface area (Å²) in [4.78, 5) is 4.87. The molecular weight excluding hydrogens is 439 g/mol. The van der Waals surface area contributed by atoms with E-state index in [4.69, 9.17) is 11.6 Å². The second-order valence-electron chi connectivity index (χ2n) is 6.54. The summed E-state index contributed by atoms with van der Waals surface area (Å²) in [5.41, 5.74) is 2.52. The Morgan fingerprint density at radius 1 is 1.37 bits per heavy atom. The molecule has 0 unspecified atom stereocenters. The van der Waals surface area contributed by atoms with Crippen LogP contribution in [0.2, 0.25) is 4.47 Å². The smallest absolute Gasteiger partial charge is 0.512 e. The van der Waals surface area contributed by atoms with E-state index >= 15 is 0 Å². The van der Waals surface area contributed by atoms with E-state index in [0.29, 0.717) is 40.6 Å². The summed E-state index contributed by atoms with van der Waals surface area (Å²) in [5, 5.41) is 13.8. The molecule has 2 N–H and O–H groups in total. The van der Waals surface area contributed by atoms with E-state index in [1.807, 2.05) is 18.4 Å². The van der Waals surface area contributed by atoms with Crippen LogP contribution < -0.4 is 10.1 Å². The van der Waals surface area contributed by atoms with Crippen molar-refractivity contribution in [2.24, 2.45) is 0 Å². The molecule has 3 rings (SSSR count). The van der Waals surface area contributed by atoms with Gasteiger partial charge in [-0.15, -0.1) is 24.5 Å². The van der Waals surface area contributed by atoms with Crippen molar-refractivity contribution in [3.8, 4) is 5.75 Å². The van der Waals surface area contributed by atoms with Gasteiger partial charge in [0.15, 0.2) is 4.47 Å². The van der Waals surface area contributed by atoms with Crippen LogP contribution in [-0.4, -0.2) is 21.0 Å². The van der Waals surface area contributed by atoms with E-state index < -0.39 is 6.36 Å². The van der Waals surface area contributed by atoms with Crippen LogP contribution >= 0.6 is 22.9 Å². The SMILES string of the molecule is CCCc1c(CC)c2cc(OC(F)(F)F)ccc2n1/C(=C\O)NCc1cnc(Cl)s1. The van der Waals surface area contributed by atoms with Crippen LogP contribution in [0.3, 0.4) is 0 Å². The van der Waals surface area contributed by atoms with Crippen molar-refractivity contribution in [2.75, 3.05) is 0 Å². The van der Waals surface area contributed by atoms with Gasteiger partial charge in [-0.25, -0.2) is 4.98 Å². The molecule has 2 heterocycles. The van der Waals surface area contributed by atoms with Crippen LogP contribution in [0.1, 0.15) is 36.4 Å². The van der Waals surface area contributed by atoms with Gasteiger partial charge < -0.3 is 15.2 Å². The number of alkyl halides is 3. The van der Waals surface area contributed by atoms with E-state index in [1.54, 1.807) is 12.3 Å². The van der Waals surface area contributed by atoms with Gasteiger partial charge in [0.1, 0.15) is 17.8 Å². The molecule has 0 aliphatic carbocycles. The lowest BCUT2D eigenvalue weighted by Crippen LogP contribution is -2.18. The average Bonchev–Trinajstić information content (AvgIpc) is 3.22. The monoisotopic (exact) mass is 459 g/mol. The first-order valence-electron chi connectivity index (χ1n) is 9.38. The Morgan fingerprint density at radius 3 is 2.70 bits per heavy atom. The lowest BCUT2D eigenvalue weighted by molar-refractivity contribution is -0.274. The molecule has 0 saturated heterocycles. The third-order valence-corrected chi connectivity index (χ3v) is 5.67. The van der Waals surface area contributed by atoms with E-state index in [2.05, 4.69) is 15.0 Å². The van der Waals surface area contributed by atoms with Gasteiger partial charge in [0.05, 0.1) is 12.1 Å². The number of hydrogen-bond acceptors (Lipinski definition) is 5. The fourth-order valence-electron chi connectivity index (χ4n) is 3.48. The Bertz CT molecular complexity index is 1060. The largest absolute Gasteiger partial charge is 0.573 e. The van der Waals surface area contributed by atoms with E-state index in [0.717, 1.165) is 28.8 Å². The molecule has 0 aliphatic heterocycles. The molecule has 2 aromatic heterocycles. The van der Waals surface area contributed by atoms with Crippen molar-refractivity contribution in [1.82, 2.24) is 14.9 Å². The first-order valence-corrected chi connectivity index (χ1v) is 10.6. The summed E-state index contributed by atoms with van der Waals surface area (Å²) in [5.74, 6) is 0.142. The minimum Gasteiger partial charge on any atom is -0.512 e. The zero-order chi connectivity index (χ0) is 21.9. The maximum atomic E-state index is 12.7. The van der Waals surface area contributed by atoms with Crippen molar-refractivity contribution in [2.45, 2.75) is 46.0 Å². The van der Waals surface area contributed by atoms with Gasteiger partial charge in [-0.1, -0.05) is 31.9 Å². The number of aromatic nitrogens is 2. The van der Waals surface area contributed by atoms with E-state index in [9.17, 15) is 18.3 Å². The number of aliphatic hydroxyl groups is 1. The Balaban J connectivity index is 2.07. The number of aryl methyl sites for hydroxylation is 1. The molecule has 0 radical (unpaired) electrons. The van der Waals surface area contributed by atoms with Crippen molar-refractivity contribution < 1.29 is 23.0 Å². The van der Waals surface area contributed by atoms with Crippen LogP contribution in [0.25, 0.3) is 16.7 Å². The van der Waals surface area contributed by atoms with Crippen molar-refractivity contribution in [1.29, 1.82) is 0 Å². The van der Waals surface area contributed by atoms with Crippen molar-refractivity contribution >= 4 is 39.7 Å². The number of ether oxygens (including phenoxy) is 1. The fourth-order valence-corrected chi connectivity index (χ4v) is 4.40. The molecule has 0 spiro atoms. The highest BCUT2D eigenvalue weighted by Crippen LogP contribution is 2.34. The number of benzene rings is 1. The summed E-state index contributed by atoms with van der Waals surface area (Å²) in [6.45, 7) is 4.36. The van der Waals surface area contributed by atoms with Gasteiger partial charge in [-0.3, -0.25) is 4.57 Å². The van der Waals surface area contributed by atoms with Crippen molar-refractivity contribution in [3.63, 3.8) is 0 Å². The fraction of sp³-hybridized carbons (Fsp3) is 0.350. The number of hydrogen-bond donors (Lipinski definition) is 2.